The van der Waals surface area contributed by atoms with E-state index in [0.29, 0.717) is 28.9 Å². The number of amides is 2. The molecule has 26 heavy (non-hydrogen) atoms. The van der Waals surface area contributed by atoms with Crippen molar-refractivity contribution in [1.29, 1.82) is 0 Å². The maximum atomic E-state index is 12.3. The highest BCUT2D eigenvalue weighted by molar-refractivity contribution is 6.30. The standard InChI is InChI=1S/C20H21ClN2O3/c1-13(26-18-4-2-3-15(21)12-18)20(25)23-17-7-5-14(6-8-17)11-19(24)22-16-9-10-16/h2-8,12-13,16H,9-11H2,1H3,(H,22,24)(H,23,25). The predicted octanol–water partition coefficient (Wildman–Crippen LogP) is 3.57. The van der Waals surface area contributed by atoms with Crippen molar-refractivity contribution in [2.45, 2.75) is 38.3 Å². The summed E-state index contributed by atoms with van der Waals surface area (Å²) in [6, 6.07) is 14.5. The van der Waals surface area contributed by atoms with E-state index in [1.807, 2.05) is 12.1 Å². The summed E-state index contributed by atoms with van der Waals surface area (Å²) in [6.07, 6.45) is 1.83. The molecule has 1 saturated carbocycles. The first kappa shape index (κ1) is 18.3. The highest BCUT2D eigenvalue weighted by atomic mass is 35.5. The molecular formula is C20H21ClN2O3. The van der Waals surface area contributed by atoms with Gasteiger partial charge in [-0.15, -0.1) is 0 Å². The second kappa shape index (κ2) is 8.23. The van der Waals surface area contributed by atoms with Crippen LogP contribution in [-0.2, 0) is 16.0 Å². The van der Waals surface area contributed by atoms with Gasteiger partial charge in [-0.25, -0.2) is 0 Å². The van der Waals surface area contributed by atoms with Crippen LogP contribution in [0.4, 0.5) is 5.69 Å². The molecule has 0 spiro atoms. The first-order valence-electron chi connectivity index (χ1n) is 8.61. The zero-order valence-corrected chi connectivity index (χ0v) is 15.3. The average molecular weight is 373 g/mol. The van der Waals surface area contributed by atoms with Crippen LogP contribution in [-0.4, -0.2) is 24.0 Å². The number of carbonyl (C=O) groups is 2. The summed E-state index contributed by atoms with van der Waals surface area (Å²) in [4.78, 5) is 24.1. The van der Waals surface area contributed by atoms with Crippen LogP contribution in [0.3, 0.4) is 0 Å². The number of ether oxygens (including phenoxy) is 1. The van der Waals surface area contributed by atoms with Gasteiger partial charge in [0.2, 0.25) is 5.91 Å². The maximum Gasteiger partial charge on any atom is 0.265 e. The Labute approximate surface area is 157 Å². The SMILES string of the molecule is CC(Oc1cccc(Cl)c1)C(=O)Nc1ccc(CC(=O)NC2CC2)cc1. The molecule has 2 aromatic carbocycles. The summed E-state index contributed by atoms with van der Waals surface area (Å²) < 4.78 is 5.60. The number of benzene rings is 2. The van der Waals surface area contributed by atoms with Crippen LogP contribution in [0.5, 0.6) is 5.75 Å². The molecule has 136 valence electrons. The van der Waals surface area contributed by atoms with Crippen LogP contribution < -0.4 is 15.4 Å². The lowest BCUT2D eigenvalue weighted by molar-refractivity contribution is -0.122. The van der Waals surface area contributed by atoms with Crippen LogP contribution >= 0.6 is 11.6 Å². The Kier molecular flexibility index (Phi) is 5.78. The lowest BCUT2D eigenvalue weighted by Crippen LogP contribution is -2.30. The van der Waals surface area contributed by atoms with Crippen molar-refractivity contribution in [3.63, 3.8) is 0 Å². The number of hydrogen-bond donors (Lipinski definition) is 2. The quantitative estimate of drug-likeness (QED) is 0.780. The molecule has 2 aromatic rings. The first-order valence-corrected chi connectivity index (χ1v) is 8.99. The van der Waals surface area contributed by atoms with Gasteiger partial charge in [0.25, 0.3) is 5.91 Å². The molecule has 3 rings (SSSR count). The van der Waals surface area contributed by atoms with Gasteiger partial charge in [-0.2, -0.15) is 0 Å². The van der Waals surface area contributed by atoms with Crippen molar-refractivity contribution in [2.75, 3.05) is 5.32 Å². The summed E-state index contributed by atoms with van der Waals surface area (Å²) in [5.74, 6) is 0.314. The van der Waals surface area contributed by atoms with E-state index in [2.05, 4.69) is 10.6 Å². The molecule has 1 fully saturated rings. The number of anilines is 1. The minimum atomic E-state index is -0.669. The van der Waals surface area contributed by atoms with E-state index in [4.69, 9.17) is 16.3 Å². The van der Waals surface area contributed by atoms with Crippen LogP contribution in [0, 0.1) is 0 Å². The molecule has 0 heterocycles. The van der Waals surface area contributed by atoms with Crippen LogP contribution in [0.2, 0.25) is 5.02 Å². The molecule has 1 aliphatic rings. The van der Waals surface area contributed by atoms with Gasteiger partial charge >= 0.3 is 0 Å². The Morgan fingerprint density at radius 3 is 2.58 bits per heavy atom. The van der Waals surface area contributed by atoms with Gasteiger partial charge in [0.1, 0.15) is 5.75 Å². The van der Waals surface area contributed by atoms with Crippen molar-refractivity contribution in [3.8, 4) is 5.75 Å². The number of nitrogens with one attached hydrogen (secondary N) is 2. The molecule has 1 atom stereocenters. The summed E-state index contributed by atoms with van der Waals surface area (Å²) in [6.45, 7) is 1.67. The van der Waals surface area contributed by atoms with E-state index in [0.717, 1.165) is 18.4 Å². The molecule has 2 N–H and O–H groups in total. The smallest absolute Gasteiger partial charge is 0.265 e. The van der Waals surface area contributed by atoms with Gasteiger partial charge in [-0.3, -0.25) is 9.59 Å². The Morgan fingerprint density at radius 2 is 1.92 bits per heavy atom. The highest BCUT2D eigenvalue weighted by Gasteiger charge is 2.23. The van der Waals surface area contributed by atoms with Crippen LogP contribution in [0.15, 0.2) is 48.5 Å². The summed E-state index contributed by atoms with van der Waals surface area (Å²) in [5.41, 5.74) is 1.56. The van der Waals surface area contributed by atoms with Gasteiger partial charge < -0.3 is 15.4 Å². The fourth-order valence-electron chi connectivity index (χ4n) is 2.44. The molecular weight excluding hydrogens is 352 g/mol. The molecule has 0 aromatic heterocycles. The molecule has 0 saturated heterocycles. The molecule has 2 amide bonds. The van der Waals surface area contributed by atoms with Gasteiger partial charge in [0.05, 0.1) is 6.42 Å². The number of carbonyl (C=O) groups excluding carboxylic acids is 2. The van der Waals surface area contributed by atoms with E-state index < -0.39 is 6.10 Å². The Morgan fingerprint density at radius 1 is 1.19 bits per heavy atom. The lowest BCUT2D eigenvalue weighted by atomic mass is 10.1. The largest absolute Gasteiger partial charge is 0.481 e. The molecule has 1 aliphatic carbocycles. The monoisotopic (exact) mass is 372 g/mol. The minimum absolute atomic E-state index is 0.0350. The van der Waals surface area contributed by atoms with E-state index in [1.165, 1.54) is 0 Å². The summed E-state index contributed by atoms with van der Waals surface area (Å²) in [5, 5.41) is 6.31. The van der Waals surface area contributed by atoms with E-state index >= 15 is 0 Å². The normalized spacial score (nSPS) is 14.4. The first-order chi connectivity index (χ1) is 12.5. The highest BCUT2D eigenvalue weighted by Crippen LogP contribution is 2.20. The molecule has 5 nitrogen and oxygen atoms in total. The second-order valence-corrected chi connectivity index (χ2v) is 6.86. The second-order valence-electron chi connectivity index (χ2n) is 6.42. The molecule has 1 unspecified atom stereocenters. The van der Waals surface area contributed by atoms with Crippen molar-refractivity contribution in [1.82, 2.24) is 5.32 Å². The average Bonchev–Trinajstić information content (AvgIpc) is 3.40. The van der Waals surface area contributed by atoms with Gasteiger partial charge in [-0.1, -0.05) is 29.8 Å². The summed E-state index contributed by atoms with van der Waals surface area (Å²) >= 11 is 5.91. The Hall–Kier alpha value is -2.53. The topological polar surface area (TPSA) is 67.4 Å². The van der Waals surface area contributed by atoms with Gasteiger partial charge in [0, 0.05) is 16.8 Å². The molecule has 0 radical (unpaired) electrons. The number of halogens is 1. The zero-order chi connectivity index (χ0) is 18.5. The third kappa shape index (κ3) is 5.49. The van der Waals surface area contributed by atoms with E-state index in [1.54, 1.807) is 43.3 Å². The van der Waals surface area contributed by atoms with Crippen molar-refractivity contribution in [2.24, 2.45) is 0 Å². The number of hydrogen-bond acceptors (Lipinski definition) is 3. The van der Waals surface area contributed by atoms with E-state index in [9.17, 15) is 9.59 Å². The van der Waals surface area contributed by atoms with Gasteiger partial charge in [0.15, 0.2) is 6.10 Å². The van der Waals surface area contributed by atoms with Crippen molar-refractivity contribution < 1.29 is 14.3 Å². The minimum Gasteiger partial charge on any atom is -0.481 e. The van der Waals surface area contributed by atoms with E-state index in [-0.39, 0.29) is 11.8 Å². The van der Waals surface area contributed by atoms with Gasteiger partial charge in [-0.05, 0) is 55.7 Å². The fourth-order valence-corrected chi connectivity index (χ4v) is 2.62. The molecule has 6 heteroatoms. The van der Waals surface area contributed by atoms with Crippen LogP contribution in [0.1, 0.15) is 25.3 Å². The third-order valence-electron chi connectivity index (χ3n) is 4.01. The number of rotatable bonds is 7. The van der Waals surface area contributed by atoms with Crippen molar-refractivity contribution >= 4 is 29.1 Å². The molecule has 0 bridgehead atoms. The molecule has 0 aliphatic heterocycles. The zero-order valence-electron chi connectivity index (χ0n) is 14.5. The lowest BCUT2D eigenvalue weighted by Gasteiger charge is -2.15. The maximum absolute atomic E-state index is 12.3. The Balaban J connectivity index is 1.50. The van der Waals surface area contributed by atoms with Crippen LogP contribution in [0.25, 0.3) is 0 Å². The predicted molar refractivity (Wildman–Crippen MR) is 101 cm³/mol. The third-order valence-corrected chi connectivity index (χ3v) is 4.24. The Bertz CT molecular complexity index is 788. The fraction of sp³-hybridized carbons (Fsp3) is 0.300. The summed E-state index contributed by atoms with van der Waals surface area (Å²) in [7, 11) is 0. The van der Waals surface area contributed by atoms with Crippen molar-refractivity contribution in [3.05, 3.63) is 59.1 Å².